The van der Waals surface area contributed by atoms with Gasteiger partial charge in [-0.05, 0) is 37.8 Å². The van der Waals surface area contributed by atoms with Crippen molar-refractivity contribution < 1.29 is 13.2 Å². The lowest BCUT2D eigenvalue weighted by atomic mass is 10.0. The zero-order valence-corrected chi connectivity index (χ0v) is 11.8. The number of rotatable bonds is 9. The van der Waals surface area contributed by atoms with Crippen molar-refractivity contribution in [2.45, 2.75) is 45.5 Å². The van der Waals surface area contributed by atoms with E-state index >= 15 is 0 Å². The molecule has 0 heterocycles. The van der Waals surface area contributed by atoms with Gasteiger partial charge in [0.25, 0.3) is 0 Å². The van der Waals surface area contributed by atoms with Crippen LogP contribution in [0.2, 0.25) is 0 Å². The highest BCUT2D eigenvalue weighted by atomic mass is 32.2. The van der Waals surface area contributed by atoms with Crippen LogP contribution in [0, 0.1) is 11.8 Å². The van der Waals surface area contributed by atoms with Gasteiger partial charge in [-0.2, -0.15) is 13.2 Å². The third-order valence-electron chi connectivity index (χ3n) is 2.47. The maximum absolute atomic E-state index is 12.0. The maximum atomic E-state index is 12.0. The van der Waals surface area contributed by atoms with E-state index in [-0.39, 0.29) is 17.5 Å². The first-order valence-electron chi connectivity index (χ1n) is 6.26. The highest BCUT2D eigenvalue weighted by Crippen LogP contribution is 2.31. The molecule has 0 aliphatic heterocycles. The third kappa shape index (κ3) is 12.3. The second kappa shape index (κ2) is 9.09. The fourth-order valence-corrected chi connectivity index (χ4v) is 2.36. The lowest BCUT2D eigenvalue weighted by Crippen LogP contribution is -2.27. The zero-order valence-electron chi connectivity index (χ0n) is 10.9. The van der Waals surface area contributed by atoms with Crippen LogP contribution in [0.3, 0.4) is 0 Å². The average molecular weight is 271 g/mol. The summed E-state index contributed by atoms with van der Waals surface area (Å²) in [5.41, 5.74) is -4.08. The van der Waals surface area contributed by atoms with Crippen molar-refractivity contribution in [3.8, 4) is 0 Å². The van der Waals surface area contributed by atoms with Gasteiger partial charge in [-0.3, -0.25) is 0 Å². The third-order valence-corrected chi connectivity index (χ3v) is 3.24. The van der Waals surface area contributed by atoms with Gasteiger partial charge < -0.3 is 5.32 Å². The molecule has 0 spiro atoms. The van der Waals surface area contributed by atoms with E-state index in [0.717, 1.165) is 25.9 Å². The highest BCUT2D eigenvalue weighted by Gasteiger charge is 2.27. The van der Waals surface area contributed by atoms with E-state index in [4.69, 9.17) is 0 Å². The van der Waals surface area contributed by atoms with Crippen molar-refractivity contribution in [3.63, 3.8) is 0 Å². The average Bonchev–Trinajstić information content (AvgIpc) is 2.15. The van der Waals surface area contributed by atoms with Crippen molar-refractivity contribution in [2.24, 2.45) is 11.8 Å². The van der Waals surface area contributed by atoms with Gasteiger partial charge in [0.05, 0.1) is 0 Å². The molecule has 0 aromatic heterocycles. The zero-order chi connectivity index (χ0) is 13.3. The summed E-state index contributed by atoms with van der Waals surface area (Å²) in [5.74, 6) is 1.13. The molecule has 1 nitrogen and oxygen atoms in total. The Hall–Kier alpha value is 0.1000. The van der Waals surface area contributed by atoms with Gasteiger partial charge >= 0.3 is 5.51 Å². The van der Waals surface area contributed by atoms with Crippen LogP contribution in [0.4, 0.5) is 13.2 Å². The summed E-state index contributed by atoms with van der Waals surface area (Å²) < 4.78 is 36.0. The first kappa shape index (κ1) is 17.1. The Morgan fingerprint density at radius 1 is 1.12 bits per heavy atom. The molecule has 1 atom stereocenters. The largest absolute Gasteiger partial charge is 0.441 e. The van der Waals surface area contributed by atoms with E-state index in [1.54, 1.807) is 0 Å². The number of hydrogen-bond acceptors (Lipinski definition) is 2. The molecule has 1 N–H and O–H groups in total. The van der Waals surface area contributed by atoms with Gasteiger partial charge in [-0.1, -0.05) is 39.0 Å². The molecular formula is C12H24F3NS. The van der Waals surface area contributed by atoms with Crippen LogP contribution >= 0.6 is 11.8 Å². The Morgan fingerprint density at radius 2 is 1.76 bits per heavy atom. The summed E-state index contributed by atoms with van der Waals surface area (Å²) in [6.07, 6.45) is 2.68. The first-order valence-corrected chi connectivity index (χ1v) is 7.25. The summed E-state index contributed by atoms with van der Waals surface area (Å²) in [7, 11) is 0. The molecule has 104 valence electrons. The van der Waals surface area contributed by atoms with Crippen LogP contribution in [-0.4, -0.2) is 24.4 Å². The van der Waals surface area contributed by atoms with Crippen molar-refractivity contribution in [1.29, 1.82) is 0 Å². The van der Waals surface area contributed by atoms with E-state index in [0.29, 0.717) is 18.3 Å². The highest BCUT2D eigenvalue weighted by molar-refractivity contribution is 8.00. The van der Waals surface area contributed by atoms with E-state index in [2.05, 4.69) is 26.1 Å². The first-order chi connectivity index (χ1) is 7.85. The second-order valence-electron chi connectivity index (χ2n) is 4.79. The Morgan fingerprint density at radius 3 is 2.24 bits per heavy atom. The standard InChI is InChI=1S/C12H24F3NS/c1-4-5-11(9-16-8-10(2)3)6-7-17-12(13,14)15/h10-11,16H,4-9H2,1-3H3. The molecule has 0 aliphatic rings. The van der Waals surface area contributed by atoms with Gasteiger partial charge in [0, 0.05) is 5.75 Å². The van der Waals surface area contributed by atoms with Crippen LogP contribution in [0.25, 0.3) is 0 Å². The smallest absolute Gasteiger partial charge is 0.316 e. The van der Waals surface area contributed by atoms with E-state index in [1.807, 2.05) is 0 Å². The lowest BCUT2D eigenvalue weighted by molar-refractivity contribution is -0.0328. The predicted molar refractivity (Wildman–Crippen MR) is 69.2 cm³/mol. The minimum atomic E-state index is -4.08. The van der Waals surface area contributed by atoms with Gasteiger partial charge in [0.1, 0.15) is 0 Å². The minimum absolute atomic E-state index is 0.0997. The molecule has 0 rings (SSSR count). The number of halogens is 3. The predicted octanol–water partition coefficient (Wildman–Crippen LogP) is 4.29. The number of nitrogens with one attached hydrogen (secondary N) is 1. The van der Waals surface area contributed by atoms with Crippen LogP contribution in [0.5, 0.6) is 0 Å². The van der Waals surface area contributed by atoms with Crippen LogP contribution in [0.1, 0.15) is 40.0 Å². The molecule has 0 amide bonds. The molecule has 0 fully saturated rings. The van der Waals surface area contributed by atoms with Crippen molar-refractivity contribution in [2.75, 3.05) is 18.8 Å². The lowest BCUT2D eigenvalue weighted by Gasteiger charge is -2.18. The molecule has 1 unspecified atom stereocenters. The maximum Gasteiger partial charge on any atom is 0.441 e. The Balaban J connectivity index is 3.74. The number of thioether (sulfide) groups is 1. The molecule has 0 bridgehead atoms. The Bertz CT molecular complexity index is 183. The van der Waals surface area contributed by atoms with Crippen molar-refractivity contribution in [3.05, 3.63) is 0 Å². The van der Waals surface area contributed by atoms with E-state index < -0.39 is 5.51 Å². The summed E-state index contributed by atoms with van der Waals surface area (Å²) >= 11 is 0.0997. The monoisotopic (exact) mass is 271 g/mol. The van der Waals surface area contributed by atoms with Crippen molar-refractivity contribution >= 4 is 11.8 Å². The van der Waals surface area contributed by atoms with Crippen molar-refractivity contribution in [1.82, 2.24) is 5.32 Å². The topological polar surface area (TPSA) is 12.0 Å². The Kier molecular flexibility index (Phi) is 9.14. The quantitative estimate of drug-likeness (QED) is 0.671. The molecule has 17 heavy (non-hydrogen) atoms. The molecule has 0 aliphatic carbocycles. The fraction of sp³-hybridized carbons (Fsp3) is 1.00. The van der Waals surface area contributed by atoms with Crippen LogP contribution in [-0.2, 0) is 0 Å². The summed E-state index contributed by atoms with van der Waals surface area (Å²) in [4.78, 5) is 0. The normalized spacial score (nSPS) is 14.3. The molecule has 0 radical (unpaired) electrons. The van der Waals surface area contributed by atoms with E-state index in [9.17, 15) is 13.2 Å². The van der Waals surface area contributed by atoms with Crippen LogP contribution < -0.4 is 5.32 Å². The second-order valence-corrected chi connectivity index (χ2v) is 5.95. The molecule has 0 aromatic rings. The number of alkyl halides is 3. The number of hydrogen-bond donors (Lipinski definition) is 1. The molecular weight excluding hydrogens is 247 g/mol. The molecule has 5 heteroatoms. The summed E-state index contributed by atoms with van der Waals surface area (Å²) in [6, 6.07) is 0. The summed E-state index contributed by atoms with van der Waals surface area (Å²) in [5, 5.41) is 3.33. The molecule has 0 saturated heterocycles. The van der Waals surface area contributed by atoms with Crippen LogP contribution in [0.15, 0.2) is 0 Å². The SMILES string of the molecule is CCCC(CCSC(F)(F)F)CNCC(C)C. The summed E-state index contributed by atoms with van der Waals surface area (Å²) in [6.45, 7) is 8.10. The fourth-order valence-electron chi connectivity index (χ4n) is 1.67. The van der Waals surface area contributed by atoms with Gasteiger partial charge in [-0.15, -0.1) is 0 Å². The van der Waals surface area contributed by atoms with Gasteiger partial charge in [0.2, 0.25) is 0 Å². The molecule has 0 aromatic carbocycles. The molecule has 0 saturated carbocycles. The van der Waals surface area contributed by atoms with Gasteiger partial charge in [-0.25, -0.2) is 0 Å². The van der Waals surface area contributed by atoms with Gasteiger partial charge in [0.15, 0.2) is 0 Å². The Labute approximate surface area is 107 Å². The minimum Gasteiger partial charge on any atom is -0.316 e. The van der Waals surface area contributed by atoms with E-state index in [1.165, 1.54) is 0 Å².